The molecule has 7 heteroatoms. The number of nitrogens with one attached hydrogen (secondary N) is 1. The second-order valence-electron chi connectivity index (χ2n) is 3.62. The Bertz CT molecular complexity index is 487. The third kappa shape index (κ3) is 5.15. The van der Waals surface area contributed by atoms with Gasteiger partial charge in [0.1, 0.15) is 0 Å². The summed E-state index contributed by atoms with van der Waals surface area (Å²) in [6.07, 6.45) is 2.45. The summed E-state index contributed by atoms with van der Waals surface area (Å²) < 4.78 is 4.68. The number of nitrogens with zero attached hydrogens (tertiary/aromatic N) is 1. The Morgan fingerprint density at radius 3 is 2.68 bits per heavy atom. The van der Waals surface area contributed by atoms with Crippen LogP contribution in [0, 0.1) is 0 Å². The van der Waals surface area contributed by atoms with Crippen molar-refractivity contribution in [1.29, 1.82) is 0 Å². The summed E-state index contributed by atoms with van der Waals surface area (Å²) in [5.41, 5.74) is 0.247. The molecule has 2 N–H and O–H groups in total. The second-order valence-corrected chi connectivity index (χ2v) is 3.62. The number of anilines is 1. The van der Waals surface area contributed by atoms with Crippen LogP contribution in [0.1, 0.15) is 30.1 Å². The number of hydrogen-bond acceptors (Lipinski definition) is 5. The highest BCUT2D eigenvalue weighted by Crippen LogP contribution is 2.09. The van der Waals surface area contributed by atoms with Crippen molar-refractivity contribution in [2.75, 3.05) is 11.9 Å². The number of pyridine rings is 1. The molecule has 0 bridgehead atoms. The molecule has 0 aromatic carbocycles. The standard InChI is InChI=1S/C12H14N2O5/c1-2-19-11(16)4-3-10(15)14-9-5-8(12(17)18)6-13-7-9/h5-7H,2-4H2,1H3,(H,14,15)(H,17,18). The van der Waals surface area contributed by atoms with Crippen LogP contribution >= 0.6 is 0 Å². The van der Waals surface area contributed by atoms with E-state index in [9.17, 15) is 14.4 Å². The van der Waals surface area contributed by atoms with Crippen molar-refractivity contribution < 1.29 is 24.2 Å². The molecule has 0 saturated heterocycles. The van der Waals surface area contributed by atoms with Crippen LogP contribution in [-0.2, 0) is 14.3 Å². The Balaban J connectivity index is 2.50. The van der Waals surface area contributed by atoms with Gasteiger partial charge in [-0.3, -0.25) is 14.6 Å². The van der Waals surface area contributed by atoms with Gasteiger partial charge in [-0.25, -0.2) is 4.79 Å². The van der Waals surface area contributed by atoms with Gasteiger partial charge in [0.15, 0.2) is 0 Å². The number of aromatic carboxylic acids is 1. The molecule has 0 aliphatic carbocycles. The molecule has 0 unspecified atom stereocenters. The number of hydrogen-bond donors (Lipinski definition) is 2. The fraction of sp³-hybridized carbons (Fsp3) is 0.333. The highest BCUT2D eigenvalue weighted by atomic mass is 16.5. The van der Waals surface area contributed by atoms with E-state index in [0.29, 0.717) is 0 Å². The van der Waals surface area contributed by atoms with Gasteiger partial charge in [-0.15, -0.1) is 0 Å². The third-order valence-corrected chi connectivity index (χ3v) is 2.13. The number of aromatic nitrogens is 1. The predicted molar refractivity (Wildman–Crippen MR) is 65.7 cm³/mol. The van der Waals surface area contributed by atoms with Crippen molar-refractivity contribution in [3.05, 3.63) is 24.0 Å². The maximum absolute atomic E-state index is 11.5. The minimum absolute atomic E-state index is 0.0221. The van der Waals surface area contributed by atoms with Gasteiger partial charge < -0.3 is 15.2 Å². The zero-order valence-electron chi connectivity index (χ0n) is 10.4. The molecule has 0 spiro atoms. The number of carbonyl (C=O) groups is 3. The molecule has 0 atom stereocenters. The summed E-state index contributed by atoms with van der Waals surface area (Å²) in [6.45, 7) is 1.95. The average molecular weight is 266 g/mol. The summed E-state index contributed by atoms with van der Waals surface area (Å²) in [4.78, 5) is 37.0. The van der Waals surface area contributed by atoms with Crippen molar-refractivity contribution >= 4 is 23.5 Å². The van der Waals surface area contributed by atoms with Gasteiger partial charge in [-0.05, 0) is 13.0 Å². The van der Waals surface area contributed by atoms with Gasteiger partial charge >= 0.3 is 11.9 Å². The first kappa shape index (κ1) is 14.6. The lowest BCUT2D eigenvalue weighted by Crippen LogP contribution is -2.15. The van der Waals surface area contributed by atoms with Crippen LogP contribution in [0.5, 0.6) is 0 Å². The number of carboxylic acid groups (broad SMARTS) is 1. The van der Waals surface area contributed by atoms with Gasteiger partial charge in [0.2, 0.25) is 5.91 Å². The second kappa shape index (κ2) is 7.10. The first-order chi connectivity index (χ1) is 9.02. The van der Waals surface area contributed by atoms with E-state index < -0.39 is 17.8 Å². The highest BCUT2D eigenvalue weighted by Gasteiger charge is 2.09. The summed E-state index contributed by atoms with van der Waals surface area (Å²) in [6, 6.07) is 1.29. The van der Waals surface area contributed by atoms with E-state index >= 15 is 0 Å². The van der Waals surface area contributed by atoms with Gasteiger partial charge in [0.05, 0.1) is 30.5 Å². The third-order valence-electron chi connectivity index (χ3n) is 2.13. The topological polar surface area (TPSA) is 106 Å². The predicted octanol–water partition coefficient (Wildman–Crippen LogP) is 1.06. The molecule has 1 amide bonds. The Hall–Kier alpha value is -2.44. The number of esters is 1. The highest BCUT2D eigenvalue weighted by molar-refractivity contribution is 5.94. The lowest BCUT2D eigenvalue weighted by Gasteiger charge is -2.05. The summed E-state index contributed by atoms with van der Waals surface area (Å²) in [5, 5.41) is 11.2. The Labute approximate surface area is 109 Å². The minimum atomic E-state index is -1.13. The molecule has 1 aromatic rings. The molecule has 0 aliphatic heterocycles. The van der Waals surface area contributed by atoms with E-state index in [1.807, 2.05) is 0 Å². The molecular formula is C12H14N2O5. The van der Waals surface area contributed by atoms with Crippen LogP contribution in [0.25, 0.3) is 0 Å². The van der Waals surface area contributed by atoms with Crippen LogP contribution in [0.3, 0.4) is 0 Å². The monoisotopic (exact) mass is 266 g/mol. The van der Waals surface area contributed by atoms with Crippen LogP contribution in [0.15, 0.2) is 18.5 Å². The lowest BCUT2D eigenvalue weighted by molar-refractivity contribution is -0.144. The Morgan fingerprint density at radius 2 is 2.05 bits per heavy atom. The van der Waals surface area contributed by atoms with Crippen LogP contribution < -0.4 is 5.32 Å². The fourth-order valence-electron chi connectivity index (χ4n) is 1.30. The van der Waals surface area contributed by atoms with Gasteiger partial charge in [-0.2, -0.15) is 0 Å². The molecule has 7 nitrogen and oxygen atoms in total. The average Bonchev–Trinajstić information content (AvgIpc) is 2.37. The zero-order chi connectivity index (χ0) is 14.3. The molecule has 1 aromatic heterocycles. The lowest BCUT2D eigenvalue weighted by atomic mass is 10.2. The molecule has 102 valence electrons. The molecule has 0 fully saturated rings. The van der Waals surface area contributed by atoms with E-state index in [1.54, 1.807) is 6.92 Å². The van der Waals surface area contributed by atoms with Crippen molar-refractivity contribution in [3.63, 3.8) is 0 Å². The molecule has 19 heavy (non-hydrogen) atoms. The Kier molecular flexibility index (Phi) is 5.46. The zero-order valence-corrected chi connectivity index (χ0v) is 10.4. The van der Waals surface area contributed by atoms with E-state index in [1.165, 1.54) is 18.5 Å². The number of ether oxygens (including phenoxy) is 1. The summed E-state index contributed by atoms with van der Waals surface area (Å²) >= 11 is 0. The first-order valence-electron chi connectivity index (χ1n) is 5.66. The van der Waals surface area contributed by atoms with E-state index in [4.69, 9.17) is 5.11 Å². The SMILES string of the molecule is CCOC(=O)CCC(=O)Nc1cncc(C(=O)O)c1. The summed E-state index contributed by atoms with van der Waals surface area (Å²) in [7, 11) is 0. The van der Waals surface area contributed by atoms with Gasteiger partial charge in [0.25, 0.3) is 0 Å². The number of carbonyl (C=O) groups excluding carboxylic acids is 2. The number of rotatable bonds is 6. The molecular weight excluding hydrogens is 252 g/mol. The largest absolute Gasteiger partial charge is 0.478 e. The van der Waals surface area contributed by atoms with Gasteiger partial charge in [-0.1, -0.05) is 0 Å². The number of amides is 1. The molecule has 0 radical (unpaired) electrons. The van der Waals surface area contributed by atoms with Crippen molar-refractivity contribution in [2.45, 2.75) is 19.8 Å². The van der Waals surface area contributed by atoms with Crippen molar-refractivity contribution in [1.82, 2.24) is 4.98 Å². The fourth-order valence-corrected chi connectivity index (χ4v) is 1.30. The van der Waals surface area contributed by atoms with E-state index in [2.05, 4.69) is 15.0 Å². The molecule has 0 saturated carbocycles. The Morgan fingerprint density at radius 1 is 1.32 bits per heavy atom. The number of carboxylic acids is 1. The smallest absolute Gasteiger partial charge is 0.337 e. The quantitative estimate of drug-likeness (QED) is 0.746. The van der Waals surface area contributed by atoms with Crippen LogP contribution in [0.2, 0.25) is 0 Å². The van der Waals surface area contributed by atoms with Crippen molar-refractivity contribution in [2.24, 2.45) is 0 Å². The molecule has 1 rings (SSSR count). The summed E-state index contributed by atoms with van der Waals surface area (Å²) in [5.74, 6) is -1.98. The van der Waals surface area contributed by atoms with Crippen molar-refractivity contribution in [3.8, 4) is 0 Å². The molecule has 1 heterocycles. The first-order valence-corrected chi connectivity index (χ1v) is 5.66. The van der Waals surface area contributed by atoms with E-state index in [0.717, 1.165) is 0 Å². The molecule has 0 aliphatic rings. The normalized spacial score (nSPS) is 9.74. The minimum Gasteiger partial charge on any atom is -0.478 e. The van der Waals surface area contributed by atoms with Crippen LogP contribution in [-0.4, -0.2) is 34.5 Å². The maximum atomic E-state index is 11.5. The maximum Gasteiger partial charge on any atom is 0.337 e. The van der Waals surface area contributed by atoms with Gasteiger partial charge in [0, 0.05) is 12.6 Å². The van der Waals surface area contributed by atoms with Crippen LogP contribution in [0.4, 0.5) is 5.69 Å². The van der Waals surface area contributed by atoms with E-state index in [-0.39, 0.29) is 30.7 Å².